The maximum atomic E-state index is 14.1. The molecule has 0 spiro atoms. The first-order valence-electron chi connectivity index (χ1n) is 10.8. The predicted molar refractivity (Wildman–Crippen MR) is 112 cm³/mol. The zero-order valence-corrected chi connectivity index (χ0v) is 17.3. The molecule has 0 radical (unpaired) electrons. The first-order chi connectivity index (χ1) is 13.5. The molecule has 3 heteroatoms. The van der Waals surface area contributed by atoms with Crippen LogP contribution in [0.15, 0.2) is 30.3 Å². The average Bonchev–Trinajstić information content (AvgIpc) is 2.69. The molecule has 0 saturated carbocycles. The van der Waals surface area contributed by atoms with Gasteiger partial charge in [-0.05, 0) is 42.5 Å². The van der Waals surface area contributed by atoms with E-state index < -0.39 is 17.5 Å². The van der Waals surface area contributed by atoms with Gasteiger partial charge in [0.05, 0.1) is 5.56 Å². The Labute approximate surface area is 168 Å². The van der Waals surface area contributed by atoms with Crippen LogP contribution in [0.1, 0.15) is 82.3 Å². The standard InChI is InChI=1S/C25H33F3/c1-3-4-5-6-7-8-9-10-11-12-13-20-14-16-21(17-15-20)23-22(26)18-19(2)24(27)25(23)28/h14-18H,3-13H2,1-2H3. The lowest BCUT2D eigenvalue weighted by Crippen LogP contribution is -1.98. The molecule has 2 rings (SSSR count). The molecule has 2 aromatic carbocycles. The summed E-state index contributed by atoms with van der Waals surface area (Å²) in [6.07, 6.45) is 14.0. The maximum absolute atomic E-state index is 14.1. The Bertz CT molecular complexity index is 720. The fraction of sp³-hybridized carbons (Fsp3) is 0.520. The molecule has 154 valence electrons. The van der Waals surface area contributed by atoms with Gasteiger partial charge in [0.1, 0.15) is 5.82 Å². The Hall–Kier alpha value is -1.77. The van der Waals surface area contributed by atoms with E-state index >= 15 is 0 Å². The first kappa shape index (κ1) is 22.5. The highest BCUT2D eigenvalue weighted by molar-refractivity contribution is 5.65. The van der Waals surface area contributed by atoms with Crippen LogP contribution < -0.4 is 0 Å². The van der Waals surface area contributed by atoms with Crippen molar-refractivity contribution < 1.29 is 13.2 Å². The topological polar surface area (TPSA) is 0 Å². The lowest BCUT2D eigenvalue weighted by Gasteiger charge is -2.09. The van der Waals surface area contributed by atoms with Crippen molar-refractivity contribution in [2.75, 3.05) is 0 Å². The number of benzene rings is 2. The van der Waals surface area contributed by atoms with E-state index in [1.807, 2.05) is 12.1 Å². The van der Waals surface area contributed by atoms with Gasteiger partial charge in [0.15, 0.2) is 11.6 Å². The van der Waals surface area contributed by atoms with E-state index in [0.717, 1.165) is 24.5 Å². The highest BCUT2D eigenvalue weighted by Crippen LogP contribution is 2.29. The van der Waals surface area contributed by atoms with E-state index in [2.05, 4.69) is 6.92 Å². The SMILES string of the molecule is CCCCCCCCCCCCc1ccc(-c2c(F)cc(C)c(F)c2F)cc1. The van der Waals surface area contributed by atoms with Crippen LogP contribution in [0.2, 0.25) is 0 Å². The second-order valence-corrected chi connectivity index (χ2v) is 7.81. The van der Waals surface area contributed by atoms with Crippen molar-refractivity contribution in [3.8, 4) is 11.1 Å². The van der Waals surface area contributed by atoms with Crippen molar-refractivity contribution in [2.45, 2.75) is 84.5 Å². The molecular weight excluding hydrogens is 357 g/mol. The molecule has 0 saturated heterocycles. The highest BCUT2D eigenvalue weighted by atomic mass is 19.2. The molecule has 0 aromatic heterocycles. The number of unbranched alkanes of at least 4 members (excludes halogenated alkanes) is 9. The number of aryl methyl sites for hydroxylation is 2. The van der Waals surface area contributed by atoms with Gasteiger partial charge in [-0.25, -0.2) is 13.2 Å². The smallest absolute Gasteiger partial charge is 0.169 e. The van der Waals surface area contributed by atoms with E-state index in [1.165, 1.54) is 64.7 Å². The summed E-state index contributed by atoms with van der Waals surface area (Å²) in [5.41, 5.74) is 1.22. The number of hydrogen-bond donors (Lipinski definition) is 0. The monoisotopic (exact) mass is 390 g/mol. The Morgan fingerprint density at radius 3 is 1.79 bits per heavy atom. The maximum Gasteiger partial charge on any atom is 0.169 e. The van der Waals surface area contributed by atoms with Gasteiger partial charge in [-0.15, -0.1) is 0 Å². The van der Waals surface area contributed by atoms with Crippen molar-refractivity contribution in [3.63, 3.8) is 0 Å². The minimum Gasteiger partial charge on any atom is -0.206 e. The summed E-state index contributed by atoms with van der Waals surface area (Å²) >= 11 is 0. The largest absolute Gasteiger partial charge is 0.206 e. The molecule has 0 amide bonds. The zero-order chi connectivity index (χ0) is 20.4. The van der Waals surface area contributed by atoms with Gasteiger partial charge < -0.3 is 0 Å². The minimum atomic E-state index is -1.11. The van der Waals surface area contributed by atoms with E-state index in [1.54, 1.807) is 12.1 Å². The molecule has 0 nitrogen and oxygen atoms in total. The van der Waals surface area contributed by atoms with Crippen molar-refractivity contribution in [2.24, 2.45) is 0 Å². The molecule has 0 bridgehead atoms. The summed E-state index contributed by atoms with van der Waals surface area (Å²) in [6.45, 7) is 3.60. The van der Waals surface area contributed by atoms with Crippen LogP contribution in [0.25, 0.3) is 11.1 Å². The Morgan fingerprint density at radius 2 is 1.21 bits per heavy atom. The van der Waals surface area contributed by atoms with Gasteiger partial charge in [-0.2, -0.15) is 0 Å². The third-order valence-corrected chi connectivity index (χ3v) is 5.40. The van der Waals surface area contributed by atoms with Gasteiger partial charge in [-0.1, -0.05) is 89.0 Å². The summed E-state index contributed by atoms with van der Waals surface area (Å²) in [5, 5.41) is 0. The highest BCUT2D eigenvalue weighted by Gasteiger charge is 2.18. The molecule has 28 heavy (non-hydrogen) atoms. The molecule has 2 aromatic rings. The van der Waals surface area contributed by atoms with Crippen LogP contribution in [0.3, 0.4) is 0 Å². The van der Waals surface area contributed by atoms with Gasteiger partial charge in [0.2, 0.25) is 0 Å². The summed E-state index contributed by atoms with van der Waals surface area (Å²) < 4.78 is 42.0. The second-order valence-electron chi connectivity index (χ2n) is 7.81. The number of halogens is 3. The summed E-state index contributed by atoms with van der Waals surface area (Å²) in [4.78, 5) is 0. The van der Waals surface area contributed by atoms with E-state index in [0.29, 0.717) is 5.56 Å². The minimum absolute atomic E-state index is 0.0173. The third kappa shape index (κ3) is 6.68. The first-order valence-corrected chi connectivity index (χ1v) is 10.8. The van der Waals surface area contributed by atoms with Crippen molar-refractivity contribution in [1.29, 1.82) is 0 Å². The molecule has 0 aliphatic rings. The van der Waals surface area contributed by atoms with Gasteiger partial charge in [0, 0.05) is 0 Å². The van der Waals surface area contributed by atoms with Crippen LogP contribution in [0, 0.1) is 24.4 Å². The Kier molecular flexibility index (Phi) is 9.60. The normalized spacial score (nSPS) is 11.2. The third-order valence-electron chi connectivity index (χ3n) is 5.40. The quantitative estimate of drug-likeness (QED) is 0.251. The predicted octanol–water partition coefficient (Wildman–Crippen LogP) is 8.54. The molecule has 0 heterocycles. The fourth-order valence-corrected chi connectivity index (χ4v) is 3.63. The Morgan fingerprint density at radius 1 is 0.679 bits per heavy atom. The molecule has 0 fully saturated rings. The Balaban J connectivity index is 1.75. The van der Waals surface area contributed by atoms with Gasteiger partial charge in [-0.3, -0.25) is 0 Å². The molecule has 0 aliphatic carbocycles. The van der Waals surface area contributed by atoms with Gasteiger partial charge >= 0.3 is 0 Å². The zero-order valence-electron chi connectivity index (χ0n) is 17.3. The lowest BCUT2D eigenvalue weighted by atomic mass is 9.99. The molecule has 0 atom stereocenters. The molecule has 0 N–H and O–H groups in total. The molecular formula is C25H33F3. The second kappa shape index (κ2) is 11.9. The van der Waals surface area contributed by atoms with Crippen molar-refractivity contribution >= 4 is 0 Å². The van der Waals surface area contributed by atoms with Crippen LogP contribution in [0.5, 0.6) is 0 Å². The van der Waals surface area contributed by atoms with Crippen molar-refractivity contribution in [3.05, 3.63) is 58.9 Å². The van der Waals surface area contributed by atoms with Crippen molar-refractivity contribution in [1.82, 2.24) is 0 Å². The summed E-state index contributed by atoms with van der Waals surface area (Å²) in [5.74, 6) is -2.82. The van der Waals surface area contributed by atoms with E-state index in [4.69, 9.17) is 0 Å². The van der Waals surface area contributed by atoms with E-state index in [9.17, 15) is 13.2 Å². The summed E-state index contributed by atoms with van der Waals surface area (Å²) in [7, 11) is 0. The average molecular weight is 391 g/mol. The van der Waals surface area contributed by atoms with Crippen LogP contribution in [-0.2, 0) is 6.42 Å². The van der Waals surface area contributed by atoms with Gasteiger partial charge in [0.25, 0.3) is 0 Å². The number of hydrogen-bond acceptors (Lipinski definition) is 0. The van der Waals surface area contributed by atoms with E-state index in [-0.39, 0.29) is 11.1 Å². The fourth-order valence-electron chi connectivity index (χ4n) is 3.63. The lowest BCUT2D eigenvalue weighted by molar-refractivity contribution is 0.493. The van der Waals surface area contributed by atoms with Crippen LogP contribution in [-0.4, -0.2) is 0 Å². The van der Waals surface area contributed by atoms with Crippen LogP contribution >= 0.6 is 0 Å². The molecule has 0 unspecified atom stereocenters. The summed E-state index contributed by atoms with van der Waals surface area (Å²) in [6, 6.07) is 8.19. The number of rotatable bonds is 12. The molecule has 0 aliphatic heterocycles. The van der Waals surface area contributed by atoms with Crippen LogP contribution in [0.4, 0.5) is 13.2 Å².